The van der Waals surface area contributed by atoms with Gasteiger partial charge in [0.2, 0.25) is 0 Å². The second-order valence-corrected chi connectivity index (χ2v) is 8.20. The fourth-order valence-electron chi connectivity index (χ4n) is 3.84. The van der Waals surface area contributed by atoms with E-state index < -0.39 is 0 Å². The van der Waals surface area contributed by atoms with Crippen LogP contribution in [-0.2, 0) is 6.54 Å². The van der Waals surface area contributed by atoms with Crippen molar-refractivity contribution >= 4 is 27.8 Å². The number of benzene rings is 2. The molecule has 6 aromatic rings. The molecule has 156 valence electrons. The zero-order chi connectivity index (χ0) is 21.5. The Morgan fingerprint density at radius 1 is 0.906 bits per heavy atom. The van der Waals surface area contributed by atoms with Crippen LogP contribution < -0.4 is 5.32 Å². The summed E-state index contributed by atoms with van der Waals surface area (Å²) in [4.78, 5) is 14.8. The van der Waals surface area contributed by atoms with Crippen LogP contribution in [0.1, 0.15) is 5.56 Å². The molecule has 0 unspecified atom stereocenters. The fraction of sp³-hybridized carbons (Fsp3) is 0.0417. The van der Waals surface area contributed by atoms with E-state index in [9.17, 15) is 4.39 Å². The van der Waals surface area contributed by atoms with E-state index in [0.29, 0.717) is 6.54 Å². The normalized spacial score (nSPS) is 11.4. The van der Waals surface area contributed by atoms with Crippen LogP contribution in [0.25, 0.3) is 33.3 Å². The van der Waals surface area contributed by atoms with Crippen molar-refractivity contribution < 1.29 is 4.39 Å². The summed E-state index contributed by atoms with van der Waals surface area (Å²) < 4.78 is 17.6. The number of nitrogens with one attached hydrogen (secondary N) is 1. The zero-order valence-corrected chi connectivity index (χ0v) is 17.6. The third-order valence-electron chi connectivity index (χ3n) is 5.34. The summed E-state index contributed by atoms with van der Waals surface area (Å²) in [6.07, 6.45) is 7.35. The quantitative estimate of drug-likeness (QED) is 0.383. The zero-order valence-electron chi connectivity index (χ0n) is 16.8. The summed E-state index contributed by atoms with van der Waals surface area (Å²) in [5.41, 5.74) is 5.10. The lowest BCUT2D eigenvalue weighted by molar-refractivity contribution is 0.628. The van der Waals surface area contributed by atoms with Gasteiger partial charge in [-0.2, -0.15) is 0 Å². The molecule has 0 bridgehead atoms. The predicted octanol–water partition coefficient (Wildman–Crippen LogP) is 5.52. The largest absolute Gasteiger partial charge is 0.365 e. The number of aromatic nitrogens is 5. The smallest absolute Gasteiger partial charge is 0.194 e. The average Bonchev–Trinajstić information content (AvgIpc) is 3.51. The average molecular weight is 441 g/mol. The minimum atomic E-state index is -0.277. The number of fused-ring (bicyclic) bond motifs is 2. The molecule has 0 aliphatic carbocycles. The number of imidazole rings is 2. The first-order valence-electron chi connectivity index (χ1n) is 10.1. The van der Waals surface area contributed by atoms with Crippen LogP contribution in [-0.4, -0.2) is 23.8 Å². The topological polar surface area (TPSA) is 59.5 Å². The molecule has 4 aromatic heterocycles. The number of rotatable bonds is 5. The van der Waals surface area contributed by atoms with E-state index >= 15 is 0 Å². The van der Waals surface area contributed by atoms with Crippen molar-refractivity contribution in [3.8, 4) is 22.6 Å². The van der Waals surface area contributed by atoms with E-state index in [1.807, 2.05) is 44.8 Å². The Balaban J connectivity index is 1.56. The monoisotopic (exact) mass is 440 g/mol. The fourth-order valence-corrected chi connectivity index (χ4v) is 4.56. The van der Waals surface area contributed by atoms with Crippen molar-refractivity contribution in [2.45, 2.75) is 6.54 Å². The predicted molar refractivity (Wildman–Crippen MR) is 124 cm³/mol. The molecule has 0 amide bonds. The highest BCUT2D eigenvalue weighted by Gasteiger charge is 2.23. The van der Waals surface area contributed by atoms with E-state index in [4.69, 9.17) is 9.97 Å². The second-order valence-electron chi connectivity index (χ2n) is 7.32. The molecular formula is C24H17FN6S. The van der Waals surface area contributed by atoms with Gasteiger partial charge < -0.3 is 5.32 Å². The molecule has 0 spiro atoms. The van der Waals surface area contributed by atoms with Crippen molar-refractivity contribution in [3.63, 3.8) is 0 Å². The maximum Gasteiger partial charge on any atom is 0.194 e. The van der Waals surface area contributed by atoms with Gasteiger partial charge in [-0.3, -0.25) is 13.8 Å². The van der Waals surface area contributed by atoms with E-state index in [2.05, 4.69) is 22.4 Å². The highest BCUT2D eigenvalue weighted by Crippen LogP contribution is 2.38. The highest BCUT2D eigenvalue weighted by molar-refractivity contribution is 7.15. The lowest BCUT2D eigenvalue weighted by atomic mass is 10.1. The first kappa shape index (κ1) is 18.7. The van der Waals surface area contributed by atoms with Crippen molar-refractivity contribution in [1.29, 1.82) is 0 Å². The Morgan fingerprint density at radius 2 is 1.75 bits per heavy atom. The Hall–Kier alpha value is -4.04. The molecule has 1 N–H and O–H groups in total. The summed E-state index contributed by atoms with van der Waals surface area (Å²) >= 11 is 1.55. The summed E-state index contributed by atoms with van der Waals surface area (Å²) in [6, 6.07) is 16.6. The van der Waals surface area contributed by atoms with Crippen LogP contribution in [0.5, 0.6) is 0 Å². The Bertz CT molecular complexity index is 1530. The van der Waals surface area contributed by atoms with Crippen molar-refractivity contribution in [1.82, 2.24) is 23.8 Å². The number of hydrogen-bond donors (Lipinski definition) is 1. The van der Waals surface area contributed by atoms with Gasteiger partial charge in [-0.15, -0.1) is 11.3 Å². The first-order valence-corrected chi connectivity index (χ1v) is 11.0. The van der Waals surface area contributed by atoms with Crippen molar-refractivity contribution in [3.05, 3.63) is 96.1 Å². The molecule has 0 fully saturated rings. The lowest BCUT2D eigenvalue weighted by Crippen LogP contribution is -2.04. The number of nitrogens with zero attached hydrogens (tertiary/aromatic N) is 5. The molecule has 32 heavy (non-hydrogen) atoms. The minimum absolute atomic E-state index is 0.277. The second kappa shape index (κ2) is 7.58. The SMILES string of the molecule is Fc1ccc(-c2nc3sccn3c2-c2nc3cnccn3c2NCc2ccccc2)cc1. The van der Waals surface area contributed by atoms with Crippen LogP contribution in [0.2, 0.25) is 0 Å². The van der Waals surface area contributed by atoms with Crippen LogP contribution in [0.4, 0.5) is 10.2 Å². The summed E-state index contributed by atoms with van der Waals surface area (Å²) in [6.45, 7) is 0.640. The number of thiazole rings is 1. The maximum absolute atomic E-state index is 13.6. The van der Waals surface area contributed by atoms with Gasteiger partial charge in [0.1, 0.15) is 23.0 Å². The first-order chi connectivity index (χ1) is 15.8. The van der Waals surface area contributed by atoms with Crippen LogP contribution in [0, 0.1) is 5.82 Å². The number of halogens is 1. The van der Waals surface area contributed by atoms with E-state index in [-0.39, 0.29) is 5.82 Å². The summed E-state index contributed by atoms with van der Waals surface area (Å²) in [5.74, 6) is 0.572. The summed E-state index contributed by atoms with van der Waals surface area (Å²) in [7, 11) is 0. The molecular weight excluding hydrogens is 423 g/mol. The van der Waals surface area contributed by atoms with Crippen molar-refractivity contribution in [2.24, 2.45) is 0 Å². The van der Waals surface area contributed by atoms with E-state index in [1.165, 1.54) is 12.1 Å². The highest BCUT2D eigenvalue weighted by atomic mass is 32.1. The summed E-state index contributed by atoms with van der Waals surface area (Å²) in [5, 5.41) is 5.56. The Labute approximate surface area is 186 Å². The van der Waals surface area contributed by atoms with Gasteiger partial charge >= 0.3 is 0 Å². The number of anilines is 1. The van der Waals surface area contributed by atoms with Gasteiger partial charge in [-0.05, 0) is 29.8 Å². The van der Waals surface area contributed by atoms with E-state index in [1.54, 1.807) is 35.9 Å². The molecule has 0 radical (unpaired) electrons. The number of hydrogen-bond acceptors (Lipinski definition) is 5. The molecule has 4 heterocycles. The molecule has 6 nitrogen and oxygen atoms in total. The van der Waals surface area contributed by atoms with Gasteiger partial charge in [0.15, 0.2) is 10.6 Å². The van der Waals surface area contributed by atoms with Crippen molar-refractivity contribution in [2.75, 3.05) is 5.32 Å². The van der Waals surface area contributed by atoms with Crippen LogP contribution >= 0.6 is 11.3 Å². The third-order valence-corrected chi connectivity index (χ3v) is 6.09. The Kier molecular flexibility index (Phi) is 4.43. The van der Waals surface area contributed by atoms with Gasteiger partial charge in [-0.1, -0.05) is 30.3 Å². The minimum Gasteiger partial charge on any atom is -0.365 e. The molecule has 0 saturated carbocycles. The lowest BCUT2D eigenvalue weighted by Gasteiger charge is -2.10. The van der Waals surface area contributed by atoms with Gasteiger partial charge in [0.05, 0.1) is 11.9 Å². The van der Waals surface area contributed by atoms with Crippen LogP contribution in [0.15, 0.2) is 84.8 Å². The third kappa shape index (κ3) is 3.12. The molecule has 8 heteroatoms. The molecule has 0 saturated heterocycles. The molecule has 2 aromatic carbocycles. The van der Waals surface area contributed by atoms with Gasteiger partial charge in [0, 0.05) is 36.1 Å². The Morgan fingerprint density at radius 3 is 2.59 bits per heavy atom. The molecule has 0 aliphatic rings. The molecule has 0 atom stereocenters. The van der Waals surface area contributed by atoms with E-state index in [0.717, 1.165) is 44.6 Å². The molecule has 6 rings (SSSR count). The van der Waals surface area contributed by atoms with Crippen LogP contribution in [0.3, 0.4) is 0 Å². The maximum atomic E-state index is 13.6. The molecule has 0 aliphatic heterocycles. The van der Waals surface area contributed by atoms with Gasteiger partial charge in [0.25, 0.3) is 0 Å². The standard InChI is InChI=1S/C24H17FN6S/c25-18-8-6-17(7-9-18)20-22(31-12-13-32-24(31)29-20)21-23(27-14-16-4-2-1-3-5-16)30-11-10-26-15-19(30)28-21/h1-13,15,27H,14H2. The van der Waals surface area contributed by atoms with Gasteiger partial charge in [-0.25, -0.2) is 14.4 Å².